The Balaban J connectivity index is 2.18. The predicted molar refractivity (Wildman–Crippen MR) is 51.4 cm³/mol. The molecule has 78 valence electrons. The molecule has 0 saturated heterocycles. The van der Waals surface area contributed by atoms with E-state index in [2.05, 4.69) is 20.5 Å². The molecule has 0 aromatic carbocycles. The average Bonchev–Trinajstić information content (AvgIpc) is 2.69. The topological polar surface area (TPSA) is 96.7 Å². The Morgan fingerprint density at radius 2 is 2.57 bits per heavy atom. The number of nitrogens with one attached hydrogen (secondary N) is 2. The minimum Gasteiger partial charge on any atom is -0.354 e. The van der Waals surface area contributed by atoms with E-state index in [1.165, 1.54) is 6.33 Å². The Hall–Kier alpha value is -1.43. The zero-order valence-corrected chi connectivity index (χ0v) is 8.16. The van der Waals surface area contributed by atoms with Crippen molar-refractivity contribution in [2.45, 2.75) is 25.8 Å². The van der Waals surface area contributed by atoms with Crippen LogP contribution in [0.5, 0.6) is 0 Å². The summed E-state index contributed by atoms with van der Waals surface area (Å²) >= 11 is 0. The summed E-state index contributed by atoms with van der Waals surface area (Å²) in [5, 5.41) is 9.13. The number of nitrogens with two attached hydrogens (primary N) is 1. The number of carbonyl (C=O) groups excluding carboxylic acids is 1. The summed E-state index contributed by atoms with van der Waals surface area (Å²) < 4.78 is 0. The van der Waals surface area contributed by atoms with Crippen LogP contribution in [0.25, 0.3) is 0 Å². The summed E-state index contributed by atoms with van der Waals surface area (Å²) in [7, 11) is 0. The van der Waals surface area contributed by atoms with Crippen molar-refractivity contribution in [1.82, 2.24) is 20.5 Å². The summed E-state index contributed by atoms with van der Waals surface area (Å²) in [5.41, 5.74) is 5.53. The van der Waals surface area contributed by atoms with Crippen molar-refractivity contribution in [3.63, 3.8) is 0 Å². The number of carbonyl (C=O) groups is 1. The van der Waals surface area contributed by atoms with Gasteiger partial charge in [0.1, 0.15) is 12.2 Å². The van der Waals surface area contributed by atoms with E-state index < -0.39 is 6.04 Å². The maximum Gasteiger partial charge on any atom is 0.236 e. The van der Waals surface area contributed by atoms with Crippen molar-refractivity contribution in [2.24, 2.45) is 5.73 Å². The van der Waals surface area contributed by atoms with Gasteiger partial charge in [-0.25, -0.2) is 4.98 Å². The van der Waals surface area contributed by atoms with Crippen molar-refractivity contribution in [2.75, 3.05) is 6.54 Å². The molecular formula is C8H15N5O. The first kappa shape index (κ1) is 10.6. The highest BCUT2D eigenvalue weighted by molar-refractivity contribution is 5.81. The Morgan fingerprint density at radius 3 is 3.14 bits per heavy atom. The van der Waals surface area contributed by atoms with Gasteiger partial charge in [0.15, 0.2) is 0 Å². The highest BCUT2D eigenvalue weighted by Gasteiger charge is 2.09. The van der Waals surface area contributed by atoms with Crippen LogP contribution in [0.1, 0.15) is 19.2 Å². The van der Waals surface area contributed by atoms with E-state index in [-0.39, 0.29) is 5.91 Å². The molecule has 4 N–H and O–H groups in total. The van der Waals surface area contributed by atoms with Crippen LogP contribution in [-0.2, 0) is 11.2 Å². The van der Waals surface area contributed by atoms with Gasteiger partial charge in [-0.15, -0.1) is 0 Å². The lowest BCUT2D eigenvalue weighted by Gasteiger charge is -2.08. The number of H-pyrrole nitrogens is 1. The highest BCUT2D eigenvalue weighted by atomic mass is 16.2. The lowest BCUT2D eigenvalue weighted by Crippen LogP contribution is -2.40. The molecule has 1 atom stereocenters. The smallest absolute Gasteiger partial charge is 0.236 e. The fourth-order valence-corrected chi connectivity index (χ4v) is 0.972. The zero-order valence-electron chi connectivity index (χ0n) is 8.16. The van der Waals surface area contributed by atoms with Gasteiger partial charge >= 0.3 is 0 Å². The van der Waals surface area contributed by atoms with Gasteiger partial charge in [-0.3, -0.25) is 9.89 Å². The normalized spacial score (nSPS) is 12.4. The van der Waals surface area contributed by atoms with Crippen LogP contribution in [0.15, 0.2) is 6.33 Å². The molecule has 6 nitrogen and oxygen atoms in total. The van der Waals surface area contributed by atoms with Gasteiger partial charge in [-0.2, -0.15) is 5.10 Å². The first-order valence-electron chi connectivity index (χ1n) is 4.61. The predicted octanol–water partition coefficient (Wildman–Crippen LogP) is -0.799. The van der Waals surface area contributed by atoms with Crippen molar-refractivity contribution in [1.29, 1.82) is 0 Å². The molecule has 0 saturated carbocycles. The second-order valence-corrected chi connectivity index (χ2v) is 2.99. The molecule has 6 heteroatoms. The molecule has 0 fully saturated rings. The molecule has 1 amide bonds. The zero-order chi connectivity index (χ0) is 10.4. The van der Waals surface area contributed by atoms with Crippen LogP contribution in [0.4, 0.5) is 0 Å². The van der Waals surface area contributed by atoms with Crippen LogP contribution >= 0.6 is 0 Å². The highest BCUT2D eigenvalue weighted by Crippen LogP contribution is 1.88. The lowest BCUT2D eigenvalue weighted by atomic mass is 10.2. The quantitative estimate of drug-likeness (QED) is 0.575. The third-order valence-corrected chi connectivity index (χ3v) is 1.90. The summed E-state index contributed by atoms with van der Waals surface area (Å²) in [6.45, 7) is 2.41. The number of amides is 1. The third-order valence-electron chi connectivity index (χ3n) is 1.90. The van der Waals surface area contributed by atoms with Crippen molar-refractivity contribution in [3.8, 4) is 0 Å². The van der Waals surface area contributed by atoms with E-state index >= 15 is 0 Å². The molecule has 0 radical (unpaired) electrons. The van der Waals surface area contributed by atoms with E-state index in [4.69, 9.17) is 5.73 Å². The molecule has 1 heterocycles. The second kappa shape index (κ2) is 5.33. The lowest BCUT2D eigenvalue weighted by molar-refractivity contribution is -0.122. The van der Waals surface area contributed by atoms with Gasteiger partial charge < -0.3 is 11.1 Å². The monoisotopic (exact) mass is 197 g/mol. The molecular weight excluding hydrogens is 182 g/mol. The number of aromatic amines is 1. The van der Waals surface area contributed by atoms with Crippen LogP contribution < -0.4 is 11.1 Å². The van der Waals surface area contributed by atoms with Gasteiger partial charge in [-0.05, 0) is 6.42 Å². The Labute approximate surface area is 82.3 Å². The standard InChI is InChI=1S/C8H15N5O/c1-2-6(9)8(14)10-4-3-7-11-5-12-13-7/h5-6H,2-4,9H2,1H3,(H,10,14)(H,11,12,13)/t6-/m1/s1. The maximum absolute atomic E-state index is 11.2. The number of hydrogen-bond donors (Lipinski definition) is 3. The maximum atomic E-state index is 11.2. The van der Waals surface area contributed by atoms with E-state index in [1.807, 2.05) is 6.92 Å². The molecule has 0 bridgehead atoms. The second-order valence-electron chi connectivity index (χ2n) is 2.99. The Kier molecular flexibility index (Phi) is 4.06. The number of aromatic nitrogens is 3. The molecule has 0 aliphatic heterocycles. The van der Waals surface area contributed by atoms with Gasteiger partial charge in [0, 0.05) is 13.0 Å². The first-order chi connectivity index (χ1) is 6.74. The van der Waals surface area contributed by atoms with Crippen molar-refractivity contribution >= 4 is 5.91 Å². The summed E-state index contributed by atoms with van der Waals surface area (Å²) in [4.78, 5) is 15.1. The fraction of sp³-hybridized carbons (Fsp3) is 0.625. The van der Waals surface area contributed by atoms with Crippen LogP contribution in [0.2, 0.25) is 0 Å². The van der Waals surface area contributed by atoms with E-state index in [9.17, 15) is 4.79 Å². The average molecular weight is 197 g/mol. The van der Waals surface area contributed by atoms with Gasteiger partial charge in [0.25, 0.3) is 0 Å². The van der Waals surface area contributed by atoms with E-state index in [0.29, 0.717) is 19.4 Å². The molecule has 1 rings (SSSR count). The van der Waals surface area contributed by atoms with Gasteiger partial charge in [0.2, 0.25) is 5.91 Å². The van der Waals surface area contributed by atoms with E-state index in [1.54, 1.807) is 0 Å². The Morgan fingerprint density at radius 1 is 1.79 bits per heavy atom. The number of rotatable bonds is 5. The van der Waals surface area contributed by atoms with Crippen LogP contribution in [0.3, 0.4) is 0 Å². The van der Waals surface area contributed by atoms with Gasteiger partial charge in [-0.1, -0.05) is 6.92 Å². The molecule has 0 aliphatic carbocycles. The number of nitrogens with zero attached hydrogens (tertiary/aromatic N) is 2. The van der Waals surface area contributed by atoms with Crippen LogP contribution in [0, 0.1) is 0 Å². The van der Waals surface area contributed by atoms with Crippen molar-refractivity contribution < 1.29 is 4.79 Å². The molecule has 1 aromatic heterocycles. The van der Waals surface area contributed by atoms with E-state index in [0.717, 1.165) is 5.82 Å². The molecule has 1 aromatic rings. The minimum absolute atomic E-state index is 0.119. The molecule has 0 unspecified atom stereocenters. The third kappa shape index (κ3) is 3.14. The minimum atomic E-state index is -0.412. The number of hydrogen-bond acceptors (Lipinski definition) is 4. The summed E-state index contributed by atoms with van der Waals surface area (Å²) in [5.74, 6) is 0.641. The fourth-order valence-electron chi connectivity index (χ4n) is 0.972. The molecule has 14 heavy (non-hydrogen) atoms. The summed E-state index contributed by atoms with van der Waals surface area (Å²) in [6.07, 6.45) is 2.73. The van der Waals surface area contributed by atoms with Crippen LogP contribution in [-0.4, -0.2) is 33.7 Å². The first-order valence-corrected chi connectivity index (χ1v) is 4.61. The SMILES string of the molecule is CC[C@@H](N)C(=O)NCCc1ncn[nH]1. The van der Waals surface area contributed by atoms with Crippen molar-refractivity contribution in [3.05, 3.63) is 12.2 Å². The molecule has 0 aliphatic rings. The largest absolute Gasteiger partial charge is 0.354 e. The Bertz CT molecular complexity index is 271. The summed E-state index contributed by atoms with van der Waals surface area (Å²) in [6, 6.07) is -0.412. The van der Waals surface area contributed by atoms with Gasteiger partial charge in [0.05, 0.1) is 6.04 Å². The molecule has 0 spiro atoms.